The largest absolute Gasteiger partial charge is 0.504 e. The Bertz CT molecular complexity index is 710. The van der Waals surface area contributed by atoms with E-state index in [1.165, 1.54) is 4.88 Å². The van der Waals surface area contributed by atoms with Crippen molar-refractivity contribution >= 4 is 17.3 Å². The topological polar surface area (TPSA) is 70.0 Å². The number of carboxylic acids is 1. The molecule has 22 heavy (non-hydrogen) atoms. The molecular formula is C16H17NO4S. The first-order valence-corrected chi connectivity index (χ1v) is 7.84. The number of thiophene rings is 1. The molecule has 1 aliphatic heterocycles. The summed E-state index contributed by atoms with van der Waals surface area (Å²) in [5, 5.41) is 19.2. The summed E-state index contributed by atoms with van der Waals surface area (Å²) in [7, 11) is 0. The lowest BCUT2D eigenvalue weighted by atomic mass is 10.1. The second-order valence-corrected chi connectivity index (χ2v) is 6.63. The Kier molecular flexibility index (Phi) is 4.04. The number of aromatic hydroxyl groups is 1. The lowest BCUT2D eigenvalue weighted by Gasteiger charge is -2.16. The number of benzene rings is 1. The molecule has 0 bridgehead atoms. The number of carboxylic acid groups (broad SMARTS) is 1. The van der Waals surface area contributed by atoms with E-state index < -0.39 is 5.97 Å². The molecule has 0 saturated carbocycles. The van der Waals surface area contributed by atoms with Crippen molar-refractivity contribution in [2.45, 2.75) is 13.5 Å². The van der Waals surface area contributed by atoms with Crippen molar-refractivity contribution in [3.8, 4) is 21.9 Å². The molecular weight excluding hydrogens is 302 g/mol. The van der Waals surface area contributed by atoms with Crippen molar-refractivity contribution < 1.29 is 19.7 Å². The normalized spacial score (nSPS) is 15.0. The van der Waals surface area contributed by atoms with Crippen LogP contribution in [-0.2, 0) is 11.3 Å². The molecule has 0 aliphatic carbocycles. The SMILES string of the molecule is Cc1ccc(-c2cc(O)c3c(c2)CN(CC(=O)O)CCO3)s1. The summed E-state index contributed by atoms with van der Waals surface area (Å²) in [4.78, 5) is 15.0. The highest BCUT2D eigenvalue weighted by atomic mass is 32.1. The molecule has 5 nitrogen and oxygen atoms in total. The molecule has 0 atom stereocenters. The molecule has 3 rings (SSSR count). The number of aryl methyl sites for hydroxylation is 1. The van der Waals surface area contributed by atoms with Gasteiger partial charge in [0.25, 0.3) is 0 Å². The smallest absolute Gasteiger partial charge is 0.317 e. The van der Waals surface area contributed by atoms with Crippen molar-refractivity contribution in [2.24, 2.45) is 0 Å². The van der Waals surface area contributed by atoms with Crippen LogP contribution in [0.4, 0.5) is 0 Å². The van der Waals surface area contributed by atoms with Crippen molar-refractivity contribution in [3.05, 3.63) is 34.7 Å². The number of rotatable bonds is 3. The molecule has 2 N–H and O–H groups in total. The van der Waals surface area contributed by atoms with E-state index in [-0.39, 0.29) is 12.3 Å². The van der Waals surface area contributed by atoms with Gasteiger partial charge in [0.15, 0.2) is 11.5 Å². The van der Waals surface area contributed by atoms with Gasteiger partial charge in [-0.15, -0.1) is 11.3 Å². The first-order valence-electron chi connectivity index (χ1n) is 7.02. The van der Waals surface area contributed by atoms with Crippen molar-refractivity contribution in [1.29, 1.82) is 0 Å². The Morgan fingerprint density at radius 3 is 2.91 bits per heavy atom. The highest BCUT2D eigenvalue weighted by Crippen LogP contribution is 2.39. The molecule has 0 fully saturated rings. The average molecular weight is 319 g/mol. The van der Waals surface area contributed by atoms with Crippen molar-refractivity contribution in [3.63, 3.8) is 0 Å². The highest BCUT2D eigenvalue weighted by Gasteiger charge is 2.21. The Morgan fingerprint density at radius 1 is 1.41 bits per heavy atom. The van der Waals surface area contributed by atoms with E-state index in [0.717, 1.165) is 16.0 Å². The number of carbonyl (C=O) groups is 1. The van der Waals surface area contributed by atoms with Gasteiger partial charge in [0, 0.05) is 28.4 Å². The number of aliphatic carboxylic acids is 1. The van der Waals surface area contributed by atoms with Gasteiger partial charge in [-0.25, -0.2) is 0 Å². The number of hydrogen-bond donors (Lipinski definition) is 2. The van der Waals surface area contributed by atoms with Gasteiger partial charge in [-0.1, -0.05) is 0 Å². The highest BCUT2D eigenvalue weighted by molar-refractivity contribution is 7.15. The van der Waals surface area contributed by atoms with E-state index in [9.17, 15) is 9.90 Å². The van der Waals surface area contributed by atoms with Gasteiger partial charge in [0.05, 0.1) is 6.54 Å². The van der Waals surface area contributed by atoms with Gasteiger partial charge >= 0.3 is 5.97 Å². The number of fused-ring (bicyclic) bond motifs is 1. The van der Waals surface area contributed by atoms with E-state index in [0.29, 0.717) is 25.4 Å². The molecule has 1 aromatic heterocycles. The Balaban J connectivity index is 1.97. The van der Waals surface area contributed by atoms with Crippen molar-refractivity contribution in [1.82, 2.24) is 4.90 Å². The van der Waals surface area contributed by atoms with E-state index in [1.807, 2.05) is 25.1 Å². The first kappa shape index (κ1) is 14.9. The van der Waals surface area contributed by atoms with Crippen LogP contribution in [0.2, 0.25) is 0 Å². The van der Waals surface area contributed by atoms with Crippen LogP contribution in [0.3, 0.4) is 0 Å². The number of ether oxygens (including phenoxy) is 1. The van der Waals surface area contributed by atoms with Crippen LogP contribution in [0.25, 0.3) is 10.4 Å². The molecule has 0 saturated heterocycles. The quantitative estimate of drug-likeness (QED) is 0.910. The summed E-state index contributed by atoms with van der Waals surface area (Å²) in [6, 6.07) is 7.74. The Hall–Kier alpha value is -2.05. The second kappa shape index (κ2) is 5.98. The Labute approximate surface area is 132 Å². The van der Waals surface area contributed by atoms with E-state index in [1.54, 1.807) is 22.3 Å². The van der Waals surface area contributed by atoms with Crippen LogP contribution in [0.15, 0.2) is 24.3 Å². The minimum absolute atomic E-state index is 0.0358. The average Bonchev–Trinajstić information content (AvgIpc) is 2.76. The molecule has 0 spiro atoms. The zero-order valence-corrected chi connectivity index (χ0v) is 13.0. The van der Waals surface area contributed by atoms with Crippen LogP contribution in [0.1, 0.15) is 10.4 Å². The third-order valence-electron chi connectivity index (χ3n) is 3.58. The summed E-state index contributed by atoms with van der Waals surface area (Å²) in [5.74, 6) is -0.293. The van der Waals surface area contributed by atoms with E-state index in [4.69, 9.17) is 9.84 Å². The minimum Gasteiger partial charge on any atom is -0.504 e. The molecule has 0 unspecified atom stereocenters. The summed E-state index contributed by atoms with van der Waals surface area (Å²) in [6.07, 6.45) is 0. The summed E-state index contributed by atoms with van der Waals surface area (Å²) < 4.78 is 5.61. The van der Waals surface area contributed by atoms with Crippen LogP contribution >= 0.6 is 11.3 Å². The first-order chi connectivity index (χ1) is 10.5. The predicted molar refractivity (Wildman–Crippen MR) is 84.6 cm³/mol. The van der Waals surface area contributed by atoms with Gasteiger partial charge in [-0.3, -0.25) is 9.69 Å². The molecule has 1 aromatic carbocycles. The van der Waals surface area contributed by atoms with E-state index >= 15 is 0 Å². The van der Waals surface area contributed by atoms with E-state index in [2.05, 4.69) is 0 Å². The fraction of sp³-hybridized carbons (Fsp3) is 0.312. The maximum atomic E-state index is 10.9. The zero-order valence-electron chi connectivity index (χ0n) is 12.2. The third kappa shape index (κ3) is 3.08. The van der Waals surface area contributed by atoms with Gasteiger partial charge in [-0.2, -0.15) is 0 Å². The lowest BCUT2D eigenvalue weighted by molar-refractivity contribution is -0.138. The molecule has 6 heteroatoms. The molecule has 1 aliphatic rings. The van der Waals surface area contributed by atoms with Crippen molar-refractivity contribution in [2.75, 3.05) is 19.7 Å². The number of hydrogen-bond acceptors (Lipinski definition) is 5. The summed E-state index contributed by atoms with van der Waals surface area (Å²) >= 11 is 1.66. The zero-order chi connectivity index (χ0) is 15.7. The fourth-order valence-corrected chi connectivity index (χ4v) is 3.47. The van der Waals surface area contributed by atoms with Gasteiger partial charge in [-0.05, 0) is 36.8 Å². The Morgan fingerprint density at radius 2 is 2.23 bits per heavy atom. The summed E-state index contributed by atoms with van der Waals surface area (Å²) in [5.41, 5.74) is 1.75. The lowest BCUT2D eigenvalue weighted by Crippen LogP contribution is -2.31. The van der Waals surface area contributed by atoms with Gasteiger partial charge < -0.3 is 14.9 Å². The van der Waals surface area contributed by atoms with Gasteiger partial charge in [0.2, 0.25) is 0 Å². The van der Waals surface area contributed by atoms with Gasteiger partial charge in [0.1, 0.15) is 6.61 Å². The number of nitrogens with zero attached hydrogens (tertiary/aromatic N) is 1. The van der Waals surface area contributed by atoms with Crippen LogP contribution < -0.4 is 4.74 Å². The minimum atomic E-state index is -0.863. The molecule has 0 amide bonds. The maximum absolute atomic E-state index is 10.9. The number of phenolic OH excluding ortho intramolecular Hbond substituents is 1. The molecule has 2 heterocycles. The monoisotopic (exact) mass is 319 g/mol. The standard InChI is InChI=1S/C16H17NO4S/c1-10-2-3-14(22-10)11-6-12-8-17(9-15(19)20)4-5-21-16(12)13(18)7-11/h2-3,6-7,18H,4-5,8-9H2,1H3,(H,19,20). The maximum Gasteiger partial charge on any atom is 0.317 e. The second-order valence-electron chi connectivity index (χ2n) is 5.35. The third-order valence-corrected chi connectivity index (χ3v) is 4.63. The fourth-order valence-electron chi connectivity index (χ4n) is 2.61. The van der Waals surface area contributed by atoms with Crippen LogP contribution in [-0.4, -0.2) is 40.8 Å². The van der Waals surface area contributed by atoms with Crippen LogP contribution in [0.5, 0.6) is 11.5 Å². The molecule has 2 aromatic rings. The summed E-state index contributed by atoms with van der Waals surface area (Å²) in [6.45, 7) is 3.34. The molecule has 116 valence electrons. The van der Waals surface area contributed by atoms with Crippen LogP contribution in [0, 0.1) is 6.92 Å². The molecule has 0 radical (unpaired) electrons. The predicted octanol–water partition coefficient (Wildman–Crippen LogP) is 2.71. The number of phenols is 1.